The maximum absolute atomic E-state index is 13.1. The summed E-state index contributed by atoms with van der Waals surface area (Å²) in [6.07, 6.45) is -0.619. The van der Waals surface area contributed by atoms with Crippen molar-refractivity contribution >= 4 is 21.7 Å². The SMILES string of the molecule is O=C(O)CCS(=O)(=O)Nc1cccc(F)c1F. The summed E-state index contributed by atoms with van der Waals surface area (Å²) < 4.78 is 50.3. The summed E-state index contributed by atoms with van der Waals surface area (Å²) >= 11 is 0. The van der Waals surface area contributed by atoms with Gasteiger partial charge in [0.2, 0.25) is 10.0 Å². The van der Waals surface area contributed by atoms with E-state index in [9.17, 15) is 22.0 Å². The van der Waals surface area contributed by atoms with Crippen LogP contribution in [0.25, 0.3) is 0 Å². The molecule has 0 unspecified atom stereocenters. The second kappa shape index (κ2) is 5.09. The normalized spacial score (nSPS) is 11.2. The Kier molecular flexibility index (Phi) is 4.00. The average molecular weight is 265 g/mol. The summed E-state index contributed by atoms with van der Waals surface area (Å²) in [5.74, 6) is -4.52. The van der Waals surface area contributed by atoms with Crippen LogP contribution in [0.5, 0.6) is 0 Å². The number of aliphatic carboxylic acids is 1. The van der Waals surface area contributed by atoms with Gasteiger partial charge in [0.25, 0.3) is 0 Å². The molecule has 0 spiro atoms. The van der Waals surface area contributed by atoms with Crippen LogP contribution in [0.4, 0.5) is 14.5 Å². The molecule has 0 amide bonds. The van der Waals surface area contributed by atoms with E-state index in [1.165, 1.54) is 0 Å². The molecular weight excluding hydrogens is 256 g/mol. The number of rotatable bonds is 5. The molecular formula is C9H9F2NO4S. The van der Waals surface area contributed by atoms with E-state index in [4.69, 9.17) is 5.11 Å². The van der Waals surface area contributed by atoms with Gasteiger partial charge in [-0.05, 0) is 12.1 Å². The quantitative estimate of drug-likeness (QED) is 0.837. The van der Waals surface area contributed by atoms with Gasteiger partial charge in [-0.2, -0.15) is 0 Å². The van der Waals surface area contributed by atoms with Crippen molar-refractivity contribution < 1.29 is 27.1 Å². The van der Waals surface area contributed by atoms with Crippen LogP contribution in [0, 0.1) is 11.6 Å². The average Bonchev–Trinajstić information content (AvgIpc) is 2.22. The zero-order valence-electron chi connectivity index (χ0n) is 8.48. The van der Waals surface area contributed by atoms with Gasteiger partial charge in [0.15, 0.2) is 11.6 Å². The zero-order valence-corrected chi connectivity index (χ0v) is 9.30. The van der Waals surface area contributed by atoms with E-state index < -0.39 is 45.5 Å². The molecule has 1 rings (SSSR count). The number of nitrogens with one attached hydrogen (secondary N) is 1. The highest BCUT2D eigenvalue weighted by molar-refractivity contribution is 7.92. The highest BCUT2D eigenvalue weighted by Gasteiger charge is 2.16. The lowest BCUT2D eigenvalue weighted by Gasteiger charge is -2.07. The Balaban J connectivity index is 2.83. The monoisotopic (exact) mass is 265 g/mol. The number of carbonyl (C=O) groups is 1. The third kappa shape index (κ3) is 3.99. The Bertz CT molecular complexity index is 530. The lowest BCUT2D eigenvalue weighted by atomic mass is 10.3. The summed E-state index contributed by atoms with van der Waals surface area (Å²) in [6, 6.07) is 3.01. The molecule has 5 nitrogen and oxygen atoms in total. The van der Waals surface area contributed by atoms with Crippen molar-refractivity contribution in [1.29, 1.82) is 0 Å². The van der Waals surface area contributed by atoms with E-state index in [1.807, 2.05) is 0 Å². The fraction of sp³-hybridized carbons (Fsp3) is 0.222. The molecule has 0 saturated carbocycles. The van der Waals surface area contributed by atoms with E-state index >= 15 is 0 Å². The van der Waals surface area contributed by atoms with Crippen molar-refractivity contribution in [3.8, 4) is 0 Å². The number of sulfonamides is 1. The minimum atomic E-state index is -4.01. The number of carboxylic acids is 1. The number of hydrogen-bond donors (Lipinski definition) is 2. The van der Waals surface area contributed by atoms with Crippen LogP contribution in [0.2, 0.25) is 0 Å². The van der Waals surface area contributed by atoms with E-state index in [0.29, 0.717) is 0 Å². The third-order valence-electron chi connectivity index (χ3n) is 1.80. The Morgan fingerprint density at radius 1 is 1.35 bits per heavy atom. The smallest absolute Gasteiger partial charge is 0.304 e. The van der Waals surface area contributed by atoms with Crippen molar-refractivity contribution in [1.82, 2.24) is 0 Å². The fourth-order valence-corrected chi connectivity index (χ4v) is 2.06. The van der Waals surface area contributed by atoms with Crippen molar-refractivity contribution in [3.05, 3.63) is 29.8 Å². The number of benzene rings is 1. The molecule has 1 aromatic rings. The Hall–Kier alpha value is -1.70. The molecule has 0 aliphatic heterocycles. The maximum atomic E-state index is 13.1. The van der Waals surface area contributed by atoms with Gasteiger partial charge in [-0.1, -0.05) is 6.07 Å². The van der Waals surface area contributed by atoms with E-state index in [2.05, 4.69) is 0 Å². The Labute approximate surface area is 96.1 Å². The van der Waals surface area contributed by atoms with Gasteiger partial charge in [0.05, 0.1) is 17.9 Å². The van der Waals surface area contributed by atoms with Crippen molar-refractivity contribution in [2.75, 3.05) is 10.5 Å². The number of hydrogen-bond acceptors (Lipinski definition) is 3. The minimum Gasteiger partial charge on any atom is -0.481 e. The lowest BCUT2D eigenvalue weighted by Crippen LogP contribution is -2.19. The van der Waals surface area contributed by atoms with E-state index in [0.717, 1.165) is 18.2 Å². The number of carboxylic acid groups (broad SMARTS) is 1. The molecule has 0 atom stereocenters. The van der Waals surface area contributed by atoms with Crippen LogP contribution in [-0.4, -0.2) is 25.2 Å². The van der Waals surface area contributed by atoms with E-state index in [-0.39, 0.29) is 0 Å². The highest BCUT2D eigenvalue weighted by Crippen LogP contribution is 2.17. The number of anilines is 1. The molecule has 0 saturated heterocycles. The summed E-state index contributed by atoms with van der Waals surface area (Å²) in [5.41, 5.74) is -0.546. The first-order valence-electron chi connectivity index (χ1n) is 4.48. The van der Waals surface area contributed by atoms with Crippen molar-refractivity contribution in [2.24, 2.45) is 0 Å². The van der Waals surface area contributed by atoms with Gasteiger partial charge < -0.3 is 5.11 Å². The van der Waals surface area contributed by atoms with Crippen LogP contribution >= 0.6 is 0 Å². The van der Waals surface area contributed by atoms with Crippen LogP contribution in [-0.2, 0) is 14.8 Å². The predicted molar refractivity (Wildman–Crippen MR) is 56.0 cm³/mol. The summed E-state index contributed by atoms with van der Waals surface area (Å²) in [5, 5.41) is 8.32. The van der Waals surface area contributed by atoms with Crippen molar-refractivity contribution in [3.63, 3.8) is 0 Å². The molecule has 0 radical (unpaired) electrons. The molecule has 17 heavy (non-hydrogen) atoms. The molecule has 0 aliphatic rings. The van der Waals surface area contributed by atoms with Gasteiger partial charge in [-0.3, -0.25) is 9.52 Å². The third-order valence-corrected chi connectivity index (χ3v) is 3.07. The fourth-order valence-electron chi connectivity index (χ4n) is 1.02. The Morgan fingerprint density at radius 3 is 2.59 bits per heavy atom. The Morgan fingerprint density at radius 2 is 2.00 bits per heavy atom. The van der Waals surface area contributed by atoms with Gasteiger partial charge in [0.1, 0.15) is 0 Å². The molecule has 2 N–H and O–H groups in total. The van der Waals surface area contributed by atoms with Crippen LogP contribution in [0.3, 0.4) is 0 Å². The first-order chi connectivity index (χ1) is 7.82. The summed E-state index contributed by atoms with van der Waals surface area (Å²) in [4.78, 5) is 10.2. The van der Waals surface area contributed by atoms with E-state index in [1.54, 1.807) is 4.72 Å². The van der Waals surface area contributed by atoms with Gasteiger partial charge in [0, 0.05) is 0 Å². The summed E-state index contributed by atoms with van der Waals surface area (Å²) in [7, 11) is -4.01. The van der Waals surface area contributed by atoms with Gasteiger partial charge >= 0.3 is 5.97 Å². The largest absolute Gasteiger partial charge is 0.481 e. The zero-order chi connectivity index (χ0) is 13.1. The topological polar surface area (TPSA) is 83.5 Å². The van der Waals surface area contributed by atoms with Crippen LogP contribution in [0.1, 0.15) is 6.42 Å². The maximum Gasteiger partial charge on any atom is 0.304 e. The molecule has 0 fully saturated rings. The molecule has 1 aromatic carbocycles. The van der Waals surface area contributed by atoms with Crippen LogP contribution < -0.4 is 4.72 Å². The second-order valence-electron chi connectivity index (χ2n) is 3.17. The predicted octanol–water partition coefficient (Wildman–Crippen LogP) is 1.18. The molecule has 8 heteroatoms. The molecule has 94 valence electrons. The summed E-state index contributed by atoms with van der Waals surface area (Å²) in [6.45, 7) is 0. The minimum absolute atomic E-state index is 0.546. The molecule has 0 heterocycles. The molecule has 0 aliphatic carbocycles. The molecule has 0 aromatic heterocycles. The van der Waals surface area contributed by atoms with Gasteiger partial charge in [-0.25, -0.2) is 17.2 Å². The highest BCUT2D eigenvalue weighted by atomic mass is 32.2. The second-order valence-corrected chi connectivity index (χ2v) is 5.01. The van der Waals surface area contributed by atoms with Gasteiger partial charge in [-0.15, -0.1) is 0 Å². The molecule has 0 bridgehead atoms. The first kappa shape index (κ1) is 13.4. The van der Waals surface area contributed by atoms with Crippen molar-refractivity contribution in [2.45, 2.75) is 6.42 Å². The standard InChI is InChI=1S/C9H9F2NO4S/c10-6-2-1-3-7(9(6)11)12-17(15,16)5-4-8(13)14/h1-3,12H,4-5H2,(H,13,14). The first-order valence-corrected chi connectivity index (χ1v) is 6.13. The number of halogens is 2. The lowest BCUT2D eigenvalue weighted by molar-refractivity contribution is -0.136. The van der Waals surface area contributed by atoms with Crippen LogP contribution in [0.15, 0.2) is 18.2 Å².